The predicted octanol–water partition coefficient (Wildman–Crippen LogP) is 3.80. The molecule has 0 aromatic rings. The van der Waals surface area contributed by atoms with Crippen LogP contribution in [-0.4, -0.2) is 21.6 Å². The molecule has 1 fully saturated rings. The number of rotatable bonds is 5. The molecular formula is C13H24O2S. The van der Waals surface area contributed by atoms with E-state index in [2.05, 4.69) is 20.8 Å². The average Bonchev–Trinajstić information content (AvgIpc) is 2.26. The van der Waals surface area contributed by atoms with Crippen molar-refractivity contribution < 1.29 is 9.90 Å². The number of hydrogen-bond donors (Lipinski definition) is 1. The highest BCUT2D eigenvalue weighted by atomic mass is 32.2. The average molecular weight is 244 g/mol. The van der Waals surface area contributed by atoms with Crippen LogP contribution in [0, 0.1) is 11.8 Å². The summed E-state index contributed by atoms with van der Waals surface area (Å²) in [5, 5.41) is 9.44. The molecule has 0 radical (unpaired) electrons. The zero-order valence-electron chi connectivity index (χ0n) is 10.7. The monoisotopic (exact) mass is 244 g/mol. The van der Waals surface area contributed by atoms with Crippen molar-refractivity contribution in [2.24, 2.45) is 11.8 Å². The van der Waals surface area contributed by atoms with Crippen LogP contribution in [0.3, 0.4) is 0 Å². The van der Waals surface area contributed by atoms with E-state index in [1.54, 1.807) is 11.8 Å². The highest BCUT2D eigenvalue weighted by molar-refractivity contribution is 8.01. The summed E-state index contributed by atoms with van der Waals surface area (Å²) >= 11 is 1.67. The topological polar surface area (TPSA) is 37.3 Å². The molecule has 0 unspecified atom stereocenters. The van der Waals surface area contributed by atoms with Gasteiger partial charge in [-0.3, -0.25) is 4.79 Å². The number of hydrogen-bond acceptors (Lipinski definition) is 2. The van der Waals surface area contributed by atoms with Crippen molar-refractivity contribution in [2.75, 3.05) is 5.75 Å². The lowest BCUT2D eigenvalue weighted by Crippen LogP contribution is -2.39. The minimum Gasteiger partial charge on any atom is -0.480 e. The largest absolute Gasteiger partial charge is 0.480 e. The molecule has 1 rings (SSSR count). The number of aliphatic carboxylic acids is 1. The third kappa shape index (κ3) is 3.41. The standard InChI is InChI=1S/C13H24O2S/c1-4-11-5-7-13(8-6-11,12(14)15)16-9-10(2)3/h10-11H,4-9H2,1-3H3,(H,14,15). The van der Waals surface area contributed by atoms with Gasteiger partial charge in [0.05, 0.1) is 0 Å². The van der Waals surface area contributed by atoms with Gasteiger partial charge in [0.1, 0.15) is 4.75 Å². The Morgan fingerprint density at radius 3 is 2.38 bits per heavy atom. The fourth-order valence-corrected chi connectivity index (χ4v) is 3.60. The molecule has 2 nitrogen and oxygen atoms in total. The van der Waals surface area contributed by atoms with Gasteiger partial charge in [0.25, 0.3) is 0 Å². The molecule has 0 aliphatic heterocycles. The molecule has 0 amide bonds. The van der Waals surface area contributed by atoms with Gasteiger partial charge in [0, 0.05) is 0 Å². The van der Waals surface area contributed by atoms with Crippen molar-refractivity contribution in [3.05, 3.63) is 0 Å². The molecule has 0 aromatic carbocycles. The summed E-state index contributed by atoms with van der Waals surface area (Å²) < 4.78 is -0.476. The number of carbonyl (C=O) groups is 1. The van der Waals surface area contributed by atoms with Crippen LogP contribution < -0.4 is 0 Å². The van der Waals surface area contributed by atoms with Gasteiger partial charge in [-0.1, -0.05) is 27.2 Å². The molecule has 0 bridgehead atoms. The van der Waals surface area contributed by atoms with Crippen LogP contribution in [0.2, 0.25) is 0 Å². The van der Waals surface area contributed by atoms with E-state index < -0.39 is 10.7 Å². The summed E-state index contributed by atoms with van der Waals surface area (Å²) in [7, 11) is 0. The zero-order chi connectivity index (χ0) is 12.2. The van der Waals surface area contributed by atoms with E-state index in [1.807, 2.05) is 0 Å². The highest BCUT2D eigenvalue weighted by Crippen LogP contribution is 2.43. The first kappa shape index (κ1) is 13.9. The summed E-state index contributed by atoms with van der Waals surface area (Å²) in [6, 6.07) is 0. The first-order valence-corrected chi connectivity index (χ1v) is 7.36. The molecule has 0 spiro atoms. The Kier molecular flexibility index (Phi) is 5.16. The molecule has 1 aliphatic rings. The first-order valence-electron chi connectivity index (χ1n) is 6.37. The van der Waals surface area contributed by atoms with Crippen LogP contribution in [0.25, 0.3) is 0 Å². The van der Waals surface area contributed by atoms with E-state index in [0.717, 1.165) is 37.4 Å². The highest BCUT2D eigenvalue weighted by Gasteiger charge is 2.42. The van der Waals surface area contributed by atoms with Crippen LogP contribution in [0.1, 0.15) is 52.9 Å². The number of carboxylic acids is 1. The minimum absolute atomic E-state index is 0.476. The maximum atomic E-state index is 11.5. The van der Waals surface area contributed by atoms with Gasteiger partial charge in [-0.15, -0.1) is 11.8 Å². The van der Waals surface area contributed by atoms with Gasteiger partial charge < -0.3 is 5.11 Å². The van der Waals surface area contributed by atoms with Gasteiger partial charge in [0.2, 0.25) is 0 Å². The molecule has 0 heterocycles. The molecule has 1 saturated carbocycles. The van der Waals surface area contributed by atoms with E-state index in [0.29, 0.717) is 5.92 Å². The van der Waals surface area contributed by atoms with Gasteiger partial charge in [0.15, 0.2) is 0 Å². The lowest BCUT2D eigenvalue weighted by atomic mass is 9.80. The van der Waals surface area contributed by atoms with Gasteiger partial charge in [-0.2, -0.15) is 0 Å². The third-order valence-corrected chi connectivity index (χ3v) is 5.54. The maximum absolute atomic E-state index is 11.5. The van der Waals surface area contributed by atoms with Gasteiger partial charge >= 0.3 is 5.97 Å². The molecule has 0 atom stereocenters. The second-order valence-corrected chi connectivity index (χ2v) is 6.76. The van der Waals surface area contributed by atoms with Crippen molar-refractivity contribution in [1.29, 1.82) is 0 Å². The third-order valence-electron chi connectivity index (χ3n) is 3.57. The summed E-state index contributed by atoms with van der Waals surface area (Å²) in [5.41, 5.74) is 0. The van der Waals surface area contributed by atoms with Crippen molar-refractivity contribution in [2.45, 2.75) is 57.6 Å². The lowest BCUT2D eigenvalue weighted by Gasteiger charge is -2.36. The van der Waals surface area contributed by atoms with E-state index in [1.165, 1.54) is 6.42 Å². The summed E-state index contributed by atoms with van der Waals surface area (Å²) in [6.07, 6.45) is 5.10. The predicted molar refractivity (Wildman–Crippen MR) is 69.9 cm³/mol. The lowest BCUT2D eigenvalue weighted by molar-refractivity contribution is -0.141. The van der Waals surface area contributed by atoms with E-state index in [9.17, 15) is 9.90 Å². The SMILES string of the molecule is CCC1CCC(SCC(C)C)(C(=O)O)CC1. The van der Waals surface area contributed by atoms with Crippen LogP contribution in [0.4, 0.5) is 0 Å². The second-order valence-electron chi connectivity index (χ2n) is 5.36. The first-order chi connectivity index (χ1) is 7.50. The fourth-order valence-electron chi connectivity index (χ4n) is 2.30. The van der Waals surface area contributed by atoms with Gasteiger partial charge in [-0.05, 0) is 43.3 Å². The Hall–Kier alpha value is -0.180. The number of carboxylic acid groups (broad SMARTS) is 1. The van der Waals surface area contributed by atoms with E-state index in [4.69, 9.17) is 0 Å². The molecule has 1 aliphatic carbocycles. The number of thioether (sulfide) groups is 1. The molecule has 94 valence electrons. The van der Waals surface area contributed by atoms with Gasteiger partial charge in [-0.25, -0.2) is 0 Å². The Balaban J connectivity index is 2.58. The summed E-state index contributed by atoms with van der Waals surface area (Å²) in [6.45, 7) is 6.51. The smallest absolute Gasteiger partial charge is 0.319 e. The molecule has 16 heavy (non-hydrogen) atoms. The van der Waals surface area contributed by atoms with Crippen LogP contribution >= 0.6 is 11.8 Å². The Morgan fingerprint density at radius 1 is 1.44 bits per heavy atom. The maximum Gasteiger partial charge on any atom is 0.319 e. The van der Waals surface area contributed by atoms with Crippen LogP contribution in [0.5, 0.6) is 0 Å². The second kappa shape index (κ2) is 5.95. The fraction of sp³-hybridized carbons (Fsp3) is 0.923. The molecule has 1 N–H and O–H groups in total. The van der Waals surface area contributed by atoms with Crippen molar-refractivity contribution in [1.82, 2.24) is 0 Å². The Labute approximate surface area is 103 Å². The van der Waals surface area contributed by atoms with Crippen LogP contribution in [-0.2, 0) is 4.79 Å². The van der Waals surface area contributed by atoms with E-state index in [-0.39, 0.29) is 0 Å². The zero-order valence-corrected chi connectivity index (χ0v) is 11.5. The summed E-state index contributed by atoms with van der Waals surface area (Å²) in [4.78, 5) is 11.5. The normalized spacial score (nSPS) is 30.6. The molecular weight excluding hydrogens is 220 g/mol. The van der Waals surface area contributed by atoms with Crippen molar-refractivity contribution >= 4 is 17.7 Å². The molecule has 3 heteroatoms. The minimum atomic E-state index is -0.590. The quantitative estimate of drug-likeness (QED) is 0.799. The Bertz CT molecular complexity index is 230. The van der Waals surface area contributed by atoms with E-state index >= 15 is 0 Å². The summed E-state index contributed by atoms with van der Waals surface area (Å²) in [5.74, 6) is 1.70. The van der Waals surface area contributed by atoms with Crippen LogP contribution in [0.15, 0.2) is 0 Å². The molecule has 0 saturated heterocycles. The Morgan fingerprint density at radius 2 is 2.00 bits per heavy atom. The molecule has 0 aromatic heterocycles. The van der Waals surface area contributed by atoms with Crippen molar-refractivity contribution in [3.8, 4) is 0 Å². The van der Waals surface area contributed by atoms with Crippen molar-refractivity contribution in [3.63, 3.8) is 0 Å².